The van der Waals surface area contributed by atoms with Crippen LogP contribution in [0.25, 0.3) is 0 Å². The van der Waals surface area contributed by atoms with Crippen molar-refractivity contribution in [2.24, 2.45) is 5.92 Å². The lowest BCUT2D eigenvalue weighted by molar-refractivity contribution is -0.133. The molecule has 0 aromatic rings. The van der Waals surface area contributed by atoms with Gasteiger partial charge in [-0.25, -0.2) is 0 Å². The minimum Gasteiger partial charge on any atom is -0.376 e. The van der Waals surface area contributed by atoms with Crippen molar-refractivity contribution >= 4 is 5.91 Å². The van der Waals surface area contributed by atoms with Gasteiger partial charge in [0, 0.05) is 13.2 Å². The lowest BCUT2D eigenvalue weighted by atomic mass is 9.96. The Morgan fingerprint density at radius 2 is 2.35 bits per heavy atom. The summed E-state index contributed by atoms with van der Waals surface area (Å²) < 4.78 is 11.1. The fourth-order valence-electron chi connectivity index (χ4n) is 2.82. The monoisotopic (exact) mass is 284 g/mol. The molecule has 2 heterocycles. The largest absolute Gasteiger partial charge is 0.376 e. The normalized spacial score (nSPS) is 28.2. The average molecular weight is 284 g/mol. The molecule has 3 unspecified atom stereocenters. The minimum atomic E-state index is -0.385. The van der Waals surface area contributed by atoms with E-state index in [4.69, 9.17) is 9.47 Å². The van der Waals surface area contributed by atoms with E-state index in [1.807, 2.05) is 6.92 Å². The molecule has 2 aliphatic heterocycles. The number of amides is 1. The molecule has 2 saturated heterocycles. The third-order valence-electron chi connectivity index (χ3n) is 4.18. The zero-order chi connectivity index (χ0) is 14.2. The lowest BCUT2D eigenvalue weighted by Gasteiger charge is -2.23. The van der Waals surface area contributed by atoms with Crippen molar-refractivity contribution in [3.8, 4) is 0 Å². The molecule has 0 spiro atoms. The van der Waals surface area contributed by atoms with Gasteiger partial charge in [-0.15, -0.1) is 0 Å². The zero-order valence-electron chi connectivity index (χ0n) is 12.5. The Hall–Kier alpha value is -0.650. The van der Waals surface area contributed by atoms with Gasteiger partial charge in [0.15, 0.2) is 0 Å². The smallest absolute Gasteiger partial charge is 0.248 e. The van der Waals surface area contributed by atoms with Crippen LogP contribution in [0, 0.1) is 5.92 Å². The number of ether oxygens (including phenoxy) is 2. The van der Waals surface area contributed by atoms with Gasteiger partial charge < -0.3 is 20.1 Å². The van der Waals surface area contributed by atoms with Gasteiger partial charge in [0.1, 0.15) is 6.10 Å². The van der Waals surface area contributed by atoms with Crippen molar-refractivity contribution in [1.82, 2.24) is 10.6 Å². The molecular formula is C15H28N2O3. The van der Waals surface area contributed by atoms with Crippen LogP contribution < -0.4 is 10.6 Å². The molecule has 3 atom stereocenters. The van der Waals surface area contributed by atoms with E-state index in [0.717, 1.165) is 45.5 Å². The Kier molecular flexibility index (Phi) is 6.76. The molecule has 20 heavy (non-hydrogen) atoms. The molecule has 2 aliphatic rings. The highest BCUT2D eigenvalue weighted by Gasteiger charge is 2.20. The standard InChI is InChI=1S/C15H28N2O3/c1-12(20-11-14-5-3-9-19-14)15(18)17-8-6-13-4-2-7-16-10-13/h12-14,16H,2-11H2,1H3,(H,17,18). The highest BCUT2D eigenvalue weighted by Crippen LogP contribution is 2.14. The average Bonchev–Trinajstić information content (AvgIpc) is 2.99. The van der Waals surface area contributed by atoms with Crippen LogP contribution in [0.15, 0.2) is 0 Å². The molecular weight excluding hydrogens is 256 g/mol. The summed E-state index contributed by atoms with van der Waals surface area (Å²) in [6, 6.07) is 0. The quantitative estimate of drug-likeness (QED) is 0.734. The van der Waals surface area contributed by atoms with E-state index >= 15 is 0 Å². The van der Waals surface area contributed by atoms with Crippen LogP contribution in [0.5, 0.6) is 0 Å². The van der Waals surface area contributed by atoms with Gasteiger partial charge in [0.25, 0.3) is 0 Å². The molecule has 0 aliphatic carbocycles. The summed E-state index contributed by atoms with van der Waals surface area (Å²) in [4.78, 5) is 11.9. The van der Waals surface area contributed by atoms with Crippen LogP contribution in [0.4, 0.5) is 0 Å². The fourth-order valence-corrected chi connectivity index (χ4v) is 2.82. The molecule has 2 N–H and O–H groups in total. The Bertz CT molecular complexity index is 287. The van der Waals surface area contributed by atoms with E-state index in [1.165, 1.54) is 12.8 Å². The van der Waals surface area contributed by atoms with Gasteiger partial charge in [-0.3, -0.25) is 4.79 Å². The predicted molar refractivity (Wildman–Crippen MR) is 77.6 cm³/mol. The van der Waals surface area contributed by atoms with Crippen molar-refractivity contribution in [2.45, 2.75) is 51.2 Å². The summed E-state index contributed by atoms with van der Waals surface area (Å²) in [6.45, 7) is 6.13. The lowest BCUT2D eigenvalue weighted by Crippen LogP contribution is -2.38. The second kappa shape index (κ2) is 8.60. The fraction of sp³-hybridized carbons (Fsp3) is 0.933. The van der Waals surface area contributed by atoms with Crippen molar-refractivity contribution in [1.29, 1.82) is 0 Å². The number of rotatable bonds is 7. The van der Waals surface area contributed by atoms with E-state index in [2.05, 4.69) is 10.6 Å². The number of piperidine rings is 1. The maximum Gasteiger partial charge on any atom is 0.248 e. The molecule has 1 amide bonds. The van der Waals surface area contributed by atoms with E-state index in [1.54, 1.807) is 0 Å². The number of hydrogen-bond donors (Lipinski definition) is 2. The first-order chi connectivity index (χ1) is 9.75. The highest BCUT2D eigenvalue weighted by molar-refractivity contribution is 5.80. The Morgan fingerprint density at radius 1 is 1.45 bits per heavy atom. The van der Waals surface area contributed by atoms with Gasteiger partial charge in [0.2, 0.25) is 5.91 Å². The second-order valence-corrected chi connectivity index (χ2v) is 5.90. The topological polar surface area (TPSA) is 59.6 Å². The van der Waals surface area contributed by atoms with Crippen LogP contribution in [0.3, 0.4) is 0 Å². The first-order valence-electron chi connectivity index (χ1n) is 7.97. The van der Waals surface area contributed by atoms with Gasteiger partial charge in [-0.05, 0) is 58.0 Å². The molecule has 0 aromatic heterocycles. The summed E-state index contributed by atoms with van der Waals surface area (Å²) in [7, 11) is 0. The van der Waals surface area contributed by atoms with E-state index in [9.17, 15) is 4.79 Å². The predicted octanol–water partition coefficient (Wildman–Crippen LogP) is 1.08. The third-order valence-corrected chi connectivity index (χ3v) is 4.18. The van der Waals surface area contributed by atoms with Gasteiger partial charge in [-0.1, -0.05) is 0 Å². The van der Waals surface area contributed by atoms with E-state index in [0.29, 0.717) is 12.5 Å². The minimum absolute atomic E-state index is 0.00762. The number of carbonyl (C=O) groups excluding carboxylic acids is 1. The Labute approximate surface area is 121 Å². The van der Waals surface area contributed by atoms with E-state index in [-0.39, 0.29) is 18.1 Å². The van der Waals surface area contributed by atoms with Crippen molar-refractivity contribution in [3.63, 3.8) is 0 Å². The van der Waals surface area contributed by atoms with Gasteiger partial charge in [-0.2, -0.15) is 0 Å². The highest BCUT2D eigenvalue weighted by atomic mass is 16.5. The van der Waals surface area contributed by atoms with Crippen LogP contribution >= 0.6 is 0 Å². The SMILES string of the molecule is CC(OCC1CCCO1)C(=O)NCCC1CCCNC1. The van der Waals surface area contributed by atoms with Crippen LogP contribution in [-0.2, 0) is 14.3 Å². The summed E-state index contributed by atoms with van der Waals surface area (Å²) in [5.41, 5.74) is 0. The molecule has 0 aromatic carbocycles. The van der Waals surface area contributed by atoms with Gasteiger partial charge >= 0.3 is 0 Å². The second-order valence-electron chi connectivity index (χ2n) is 5.90. The van der Waals surface area contributed by atoms with Crippen LogP contribution in [0.1, 0.15) is 39.0 Å². The molecule has 0 saturated carbocycles. The van der Waals surface area contributed by atoms with Crippen molar-refractivity contribution in [3.05, 3.63) is 0 Å². The molecule has 2 rings (SSSR count). The summed E-state index contributed by atoms with van der Waals surface area (Å²) >= 11 is 0. The van der Waals surface area contributed by atoms with Crippen LogP contribution in [-0.4, -0.2) is 51.0 Å². The first-order valence-corrected chi connectivity index (χ1v) is 7.97. The number of carbonyl (C=O) groups is 1. The third kappa shape index (κ3) is 5.38. The number of nitrogens with one attached hydrogen (secondary N) is 2. The number of hydrogen-bond acceptors (Lipinski definition) is 4. The first kappa shape index (κ1) is 15.7. The zero-order valence-corrected chi connectivity index (χ0v) is 12.5. The summed E-state index contributed by atoms with van der Waals surface area (Å²) in [5.74, 6) is 0.693. The van der Waals surface area contributed by atoms with Crippen molar-refractivity contribution in [2.75, 3.05) is 32.8 Å². The Morgan fingerprint density at radius 3 is 3.05 bits per heavy atom. The molecule has 0 radical (unpaired) electrons. The molecule has 5 heteroatoms. The maximum atomic E-state index is 11.9. The summed E-state index contributed by atoms with van der Waals surface area (Å²) in [6.07, 6.45) is 5.51. The molecule has 116 valence electrons. The van der Waals surface area contributed by atoms with Gasteiger partial charge in [0.05, 0.1) is 12.7 Å². The van der Waals surface area contributed by atoms with Crippen molar-refractivity contribution < 1.29 is 14.3 Å². The molecule has 5 nitrogen and oxygen atoms in total. The van der Waals surface area contributed by atoms with Crippen LogP contribution in [0.2, 0.25) is 0 Å². The summed E-state index contributed by atoms with van der Waals surface area (Å²) in [5, 5.41) is 6.37. The maximum absolute atomic E-state index is 11.9. The molecule has 0 bridgehead atoms. The molecule has 2 fully saturated rings. The Balaban J connectivity index is 1.53. The van der Waals surface area contributed by atoms with E-state index < -0.39 is 0 Å².